The highest BCUT2D eigenvalue weighted by molar-refractivity contribution is 8.13. The van der Waals surface area contributed by atoms with E-state index >= 15 is 0 Å². The average Bonchev–Trinajstić information content (AvgIpc) is 2.85. The predicted octanol–water partition coefficient (Wildman–Crippen LogP) is 2.07. The van der Waals surface area contributed by atoms with Crippen LogP contribution in [-0.4, -0.2) is 20.7 Å². The number of hydrogen-bond donors (Lipinski definition) is 0. The first-order valence-corrected chi connectivity index (χ1v) is 6.45. The number of hydrogen-bond acceptors (Lipinski definition) is 3. The molecule has 0 aromatic heterocycles. The molecule has 2 rings (SSSR count). The third kappa shape index (κ3) is 1.92. The van der Waals surface area contributed by atoms with Gasteiger partial charge in [0, 0.05) is 16.2 Å². The highest BCUT2D eigenvalue weighted by Crippen LogP contribution is 2.25. The summed E-state index contributed by atoms with van der Waals surface area (Å²) in [6.07, 6.45) is 0. The molecule has 1 heterocycles. The normalized spacial score (nSPS) is 15.1. The molecule has 14 heavy (non-hydrogen) atoms. The molecule has 0 unspecified atom stereocenters. The molecule has 0 spiro atoms. The van der Waals surface area contributed by atoms with Crippen molar-refractivity contribution in [3.63, 3.8) is 0 Å². The second kappa shape index (κ2) is 3.22. The van der Waals surface area contributed by atoms with Crippen molar-refractivity contribution in [3.05, 3.63) is 28.8 Å². The highest BCUT2D eigenvalue weighted by Gasteiger charge is 2.18. The Hall–Kier alpha value is -0.580. The Morgan fingerprint density at radius 1 is 1.36 bits per heavy atom. The van der Waals surface area contributed by atoms with Crippen LogP contribution in [-0.2, 0) is 9.05 Å². The molecule has 0 amide bonds. The molecule has 0 N–H and O–H groups in total. The van der Waals surface area contributed by atoms with Gasteiger partial charge in [-0.2, -0.15) is 0 Å². The Morgan fingerprint density at radius 2 is 2.00 bits per heavy atom. The van der Waals surface area contributed by atoms with Crippen LogP contribution in [0, 0.1) is 0 Å². The van der Waals surface area contributed by atoms with Gasteiger partial charge in [0.25, 0.3) is 9.05 Å². The molecular formula is C8H5Cl2NO2S. The highest BCUT2D eigenvalue weighted by atomic mass is 35.7. The van der Waals surface area contributed by atoms with Crippen molar-refractivity contribution in [1.29, 1.82) is 0 Å². The molecular weight excluding hydrogens is 245 g/mol. The van der Waals surface area contributed by atoms with E-state index in [-0.39, 0.29) is 4.90 Å². The Bertz CT molecular complexity index is 522. The number of aliphatic imine (C=N–C) groups is 1. The molecule has 74 valence electrons. The fraction of sp³-hybridized carbons (Fsp3) is 0.125. The Labute approximate surface area is 90.8 Å². The summed E-state index contributed by atoms with van der Waals surface area (Å²) in [6, 6.07) is 4.37. The molecule has 6 heteroatoms. The number of benzene rings is 1. The van der Waals surface area contributed by atoms with E-state index in [4.69, 9.17) is 22.3 Å². The lowest BCUT2D eigenvalue weighted by Crippen LogP contribution is -1.94. The van der Waals surface area contributed by atoms with Gasteiger partial charge >= 0.3 is 0 Å². The summed E-state index contributed by atoms with van der Waals surface area (Å²) in [5.41, 5.74) is 1.67. The van der Waals surface area contributed by atoms with Gasteiger partial charge in [0.05, 0.1) is 22.2 Å². The second-order valence-corrected chi connectivity index (χ2v) is 5.82. The molecule has 0 bridgehead atoms. The Morgan fingerprint density at radius 3 is 2.43 bits per heavy atom. The van der Waals surface area contributed by atoms with E-state index in [1.807, 2.05) is 0 Å². The van der Waals surface area contributed by atoms with E-state index in [0.29, 0.717) is 11.6 Å². The van der Waals surface area contributed by atoms with Gasteiger partial charge in [-0.25, -0.2) is 8.42 Å². The molecule has 3 nitrogen and oxygen atoms in total. The second-order valence-electron chi connectivity index (χ2n) is 2.84. The summed E-state index contributed by atoms with van der Waals surface area (Å²) in [5.74, 6) is 0. The van der Waals surface area contributed by atoms with Crippen molar-refractivity contribution in [2.75, 3.05) is 6.54 Å². The summed E-state index contributed by atoms with van der Waals surface area (Å²) in [6.45, 7) is 0.673. The van der Waals surface area contributed by atoms with Gasteiger partial charge < -0.3 is 0 Å². The van der Waals surface area contributed by atoms with Gasteiger partial charge in [-0.05, 0) is 12.1 Å². The van der Waals surface area contributed by atoms with Gasteiger partial charge in [-0.1, -0.05) is 17.7 Å². The van der Waals surface area contributed by atoms with Crippen molar-refractivity contribution in [2.45, 2.75) is 4.90 Å². The van der Waals surface area contributed by atoms with Crippen LogP contribution >= 0.6 is 22.3 Å². The maximum Gasteiger partial charge on any atom is 0.261 e. The predicted molar refractivity (Wildman–Crippen MR) is 55.9 cm³/mol. The summed E-state index contributed by atoms with van der Waals surface area (Å²) < 4.78 is 21.9. The summed E-state index contributed by atoms with van der Waals surface area (Å²) in [5, 5.41) is 0.364. The van der Waals surface area contributed by atoms with Gasteiger partial charge in [-0.15, -0.1) is 0 Å². The van der Waals surface area contributed by atoms with Gasteiger partial charge in [0.15, 0.2) is 0 Å². The lowest BCUT2D eigenvalue weighted by Gasteiger charge is -2.00. The van der Waals surface area contributed by atoms with Gasteiger partial charge in [0.2, 0.25) is 0 Å². The van der Waals surface area contributed by atoms with Gasteiger partial charge in [-0.3, -0.25) is 4.99 Å². The molecule has 1 aromatic rings. The fourth-order valence-corrected chi connectivity index (χ4v) is 2.22. The fourth-order valence-electron chi connectivity index (χ4n) is 1.09. The van der Waals surface area contributed by atoms with Crippen LogP contribution in [0.3, 0.4) is 0 Å². The zero-order chi connectivity index (χ0) is 10.3. The van der Waals surface area contributed by atoms with E-state index in [1.54, 1.807) is 6.07 Å². The van der Waals surface area contributed by atoms with Gasteiger partial charge in [0.1, 0.15) is 0 Å². The van der Waals surface area contributed by atoms with Crippen LogP contribution in [0.1, 0.15) is 5.56 Å². The van der Waals surface area contributed by atoms with Crippen LogP contribution < -0.4 is 0 Å². The van der Waals surface area contributed by atoms with E-state index in [2.05, 4.69) is 4.99 Å². The minimum atomic E-state index is -3.70. The smallest absolute Gasteiger partial charge is 0.261 e. The topological polar surface area (TPSA) is 46.5 Å². The molecule has 0 radical (unpaired) electrons. The monoisotopic (exact) mass is 249 g/mol. The lowest BCUT2D eigenvalue weighted by molar-refractivity contribution is 0.609. The standard InChI is InChI=1S/C8H5Cl2NO2S/c9-7-3-5(14(10,12)13)1-2-6(7)8-4-11-8/h1-3H,4H2. The average molecular weight is 250 g/mol. The number of halogens is 2. The largest absolute Gasteiger partial charge is 0.281 e. The Balaban J connectivity index is 2.50. The summed E-state index contributed by atoms with van der Waals surface area (Å²) >= 11 is 5.87. The third-order valence-electron chi connectivity index (χ3n) is 1.85. The number of nitrogens with zero attached hydrogens (tertiary/aromatic N) is 1. The summed E-state index contributed by atoms with van der Waals surface area (Å²) in [7, 11) is 1.46. The Kier molecular flexibility index (Phi) is 2.29. The lowest BCUT2D eigenvalue weighted by atomic mass is 10.2. The van der Waals surface area contributed by atoms with E-state index in [0.717, 1.165) is 11.3 Å². The maximum absolute atomic E-state index is 11.0. The zero-order valence-corrected chi connectivity index (χ0v) is 9.20. The molecule has 0 aliphatic carbocycles. The van der Waals surface area contributed by atoms with E-state index in [1.165, 1.54) is 12.1 Å². The van der Waals surface area contributed by atoms with E-state index < -0.39 is 9.05 Å². The van der Waals surface area contributed by atoms with E-state index in [9.17, 15) is 8.42 Å². The molecule has 1 aromatic carbocycles. The molecule has 0 saturated heterocycles. The zero-order valence-electron chi connectivity index (χ0n) is 6.87. The summed E-state index contributed by atoms with van der Waals surface area (Å²) in [4.78, 5) is 3.98. The minimum absolute atomic E-state index is 0.00849. The maximum atomic E-state index is 11.0. The van der Waals surface area contributed by atoms with Crippen molar-refractivity contribution in [2.24, 2.45) is 4.99 Å². The number of rotatable bonds is 2. The molecule has 1 aliphatic rings. The SMILES string of the molecule is O=S(=O)(Cl)c1ccc(C2=NC2)c(Cl)c1. The van der Waals surface area contributed by atoms with Crippen LogP contribution in [0.2, 0.25) is 5.02 Å². The van der Waals surface area contributed by atoms with Crippen LogP contribution in [0.4, 0.5) is 0 Å². The van der Waals surface area contributed by atoms with Crippen molar-refractivity contribution < 1.29 is 8.42 Å². The quantitative estimate of drug-likeness (QED) is 0.754. The van der Waals surface area contributed by atoms with Crippen LogP contribution in [0.25, 0.3) is 0 Å². The molecule has 1 aliphatic heterocycles. The van der Waals surface area contributed by atoms with Crippen molar-refractivity contribution >= 4 is 37.0 Å². The molecule has 0 atom stereocenters. The molecule has 0 saturated carbocycles. The van der Waals surface area contributed by atoms with Crippen LogP contribution in [0.15, 0.2) is 28.1 Å². The first-order chi connectivity index (χ1) is 6.48. The third-order valence-corrected chi connectivity index (χ3v) is 3.51. The van der Waals surface area contributed by atoms with Crippen LogP contribution in [0.5, 0.6) is 0 Å². The van der Waals surface area contributed by atoms with Crippen molar-refractivity contribution in [3.8, 4) is 0 Å². The first kappa shape index (κ1) is 9.96. The minimum Gasteiger partial charge on any atom is -0.281 e. The van der Waals surface area contributed by atoms with Crippen molar-refractivity contribution in [1.82, 2.24) is 0 Å². The molecule has 0 fully saturated rings. The first-order valence-electron chi connectivity index (χ1n) is 3.76.